The summed E-state index contributed by atoms with van der Waals surface area (Å²) in [4.78, 5) is 30.5. The van der Waals surface area contributed by atoms with Gasteiger partial charge in [-0.15, -0.1) is 0 Å². The first-order valence-electron chi connectivity index (χ1n) is 8.91. The maximum Gasteiger partial charge on any atom is 0.242 e. The predicted octanol–water partition coefficient (Wildman–Crippen LogP) is 0.559. The van der Waals surface area contributed by atoms with E-state index in [1.165, 1.54) is 6.42 Å². The number of hydrogen-bond acceptors (Lipinski definition) is 6. The summed E-state index contributed by atoms with van der Waals surface area (Å²) in [6.45, 7) is 5.08. The molecule has 2 fully saturated rings. The maximum atomic E-state index is 12.7. The summed E-state index contributed by atoms with van der Waals surface area (Å²) in [6, 6.07) is 0.400. The van der Waals surface area contributed by atoms with E-state index in [0.29, 0.717) is 19.1 Å². The zero-order valence-electron chi connectivity index (χ0n) is 14.6. The molecule has 4 rings (SSSR count). The van der Waals surface area contributed by atoms with Crippen LogP contribution in [0.15, 0.2) is 6.33 Å². The van der Waals surface area contributed by atoms with Crippen molar-refractivity contribution >= 4 is 17.5 Å². The minimum Gasteiger partial charge on any atom is -0.354 e. The highest BCUT2D eigenvalue weighted by Gasteiger charge is 2.35. The van der Waals surface area contributed by atoms with E-state index in [-0.39, 0.29) is 5.91 Å². The number of likely N-dealkylation sites (N-methyl/N-ethyl adjacent to an activating group) is 2. The van der Waals surface area contributed by atoms with Crippen molar-refractivity contribution in [2.45, 2.75) is 31.8 Å². The number of amides is 1. The van der Waals surface area contributed by atoms with Crippen LogP contribution >= 0.6 is 0 Å². The number of piperazine rings is 1. The van der Waals surface area contributed by atoms with Crippen molar-refractivity contribution < 1.29 is 4.79 Å². The topological polar surface area (TPSA) is 55.8 Å². The Morgan fingerprint density at radius 1 is 1.00 bits per heavy atom. The van der Waals surface area contributed by atoms with Gasteiger partial charge in [0, 0.05) is 39.3 Å². The molecule has 1 aliphatic carbocycles. The van der Waals surface area contributed by atoms with Crippen LogP contribution in [-0.2, 0) is 11.3 Å². The van der Waals surface area contributed by atoms with Crippen LogP contribution in [-0.4, -0.2) is 78.5 Å². The summed E-state index contributed by atoms with van der Waals surface area (Å²) >= 11 is 0. The lowest BCUT2D eigenvalue weighted by atomic mass is 9.91. The molecule has 1 saturated carbocycles. The minimum atomic E-state index is 0.213. The molecule has 1 aromatic heterocycles. The van der Waals surface area contributed by atoms with Gasteiger partial charge in [-0.2, -0.15) is 0 Å². The van der Waals surface area contributed by atoms with Gasteiger partial charge in [-0.25, -0.2) is 9.97 Å². The molecule has 0 atom stereocenters. The molecule has 24 heavy (non-hydrogen) atoms. The Labute approximate surface area is 143 Å². The van der Waals surface area contributed by atoms with Crippen LogP contribution in [0.25, 0.3) is 0 Å². The number of hydrogen-bond donors (Lipinski definition) is 0. The van der Waals surface area contributed by atoms with Gasteiger partial charge in [0.25, 0.3) is 0 Å². The number of anilines is 2. The van der Waals surface area contributed by atoms with Crippen molar-refractivity contribution in [1.82, 2.24) is 19.8 Å². The van der Waals surface area contributed by atoms with E-state index in [0.717, 1.165) is 56.2 Å². The molecule has 3 aliphatic rings. The van der Waals surface area contributed by atoms with Gasteiger partial charge in [0.05, 0.1) is 18.7 Å². The molecule has 1 saturated heterocycles. The Morgan fingerprint density at radius 2 is 1.71 bits per heavy atom. The monoisotopic (exact) mass is 330 g/mol. The van der Waals surface area contributed by atoms with E-state index >= 15 is 0 Å². The Morgan fingerprint density at radius 3 is 2.38 bits per heavy atom. The second-order valence-electron chi connectivity index (χ2n) is 7.25. The lowest BCUT2D eigenvalue weighted by Gasteiger charge is -2.38. The second-order valence-corrected chi connectivity index (χ2v) is 7.25. The largest absolute Gasteiger partial charge is 0.354 e. The van der Waals surface area contributed by atoms with E-state index in [9.17, 15) is 4.79 Å². The molecule has 7 heteroatoms. The fourth-order valence-electron chi connectivity index (χ4n) is 3.81. The summed E-state index contributed by atoms with van der Waals surface area (Å²) in [7, 11) is 4.12. The van der Waals surface area contributed by atoms with Gasteiger partial charge in [0.2, 0.25) is 5.91 Å². The fourth-order valence-corrected chi connectivity index (χ4v) is 3.81. The van der Waals surface area contributed by atoms with Gasteiger partial charge in [-0.05, 0) is 26.3 Å². The third-order valence-corrected chi connectivity index (χ3v) is 5.60. The quantitative estimate of drug-likeness (QED) is 0.790. The number of rotatable bonds is 2. The second kappa shape index (κ2) is 6.20. The average molecular weight is 330 g/mol. The van der Waals surface area contributed by atoms with Crippen molar-refractivity contribution in [2.75, 3.05) is 56.6 Å². The Hall–Kier alpha value is -1.89. The molecule has 0 spiro atoms. The van der Waals surface area contributed by atoms with Crippen LogP contribution in [0.1, 0.15) is 24.8 Å². The van der Waals surface area contributed by atoms with Crippen LogP contribution in [0.5, 0.6) is 0 Å². The summed E-state index contributed by atoms with van der Waals surface area (Å²) in [6.07, 6.45) is 5.13. The third-order valence-electron chi connectivity index (χ3n) is 5.60. The number of fused-ring (bicyclic) bond motifs is 1. The SMILES string of the molecule is CN1CCN(c2ncnc3c2CN(C2CCC2)C(=O)CN3C)CC1. The summed E-state index contributed by atoms with van der Waals surface area (Å²) in [5.74, 6) is 2.14. The van der Waals surface area contributed by atoms with Crippen LogP contribution in [0.2, 0.25) is 0 Å². The van der Waals surface area contributed by atoms with Crippen LogP contribution in [0, 0.1) is 0 Å². The molecule has 2 aliphatic heterocycles. The lowest BCUT2D eigenvalue weighted by molar-refractivity contribution is -0.134. The highest BCUT2D eigenvalue weighted by Crippen LogP contribution is 2.34. The predicted molar refractivity (Wildman–Crippen MR) is 93.2 cm³/mol. The highest BCUT2D eigenvalue weighted by molar-refractivity contribution is 5.84. The molecule has 1 aromatic rings. The van der Waals surface area contributed by atoms with Crippen molar-refractivity contribution in [1.29, 1.82) is 0 Å². The van der Waals surface area contributed by atoms with Gasteiger partial charge in [-0.1, -0.05) is 0 Å². The molecule has 0 bridgehead atoms. The van der Waals surface area contributed by atoms with Crippen LogP contribution < -0.4 is 9.80 Å². The van der Waals surface area contributed by atoms with Crippen molar-refractivity contribution in [2.24, 2.45) is 0 Å². The zero-order valence-corrected chi connectivity index (χ0v) is 14.6. The fraction of sp³-hybridized carbons (Fsp3) is 0.706. The van der Waals surface area contributed by atoms with E-state index < -0.39 is 0 Å². The molecule has 1 amide bonds. The smallest absolute Gasteiger partial charge is 0.242 e. The highest BCUT2D eigenvalue weighted by atomic mass is 16.2. The van der Waals surface area contributed by atoms with E-state index in [1.807, 2.05) is 11.9 Å². The zero-order chi connectivity index (χ0) is 16.7. The first-order valence-corrected chi connectivity index (χ1v) is 8.91. The minimum absolute atomic E-state index is 0.213. The van der Waals surface area contributed by atoms with E-state index in [1.54, 1.807) is 6.33 Å². The van der Waals surface area contributed by atoms with Gasteiger partial charge in [0.1, 0.15) is 18.0 Å². The van der Waals surface area contributed by atoms with Crippen LogP contribution in [0.4, 0.5) is 11.6 Å². The summed E-state index contributed by atoms with van der Waals surface area (Å²) < 4.78 is 0. The normalized spacial score (nSPS) is 23.1. The van der Waals surface area contributed by atoms with Gasteiger partial charge in [-0.3, -0.25) is 4.79 Å². The first-order chi connectivity index (χ1) is 11.6. The Kier molecular flexibility index (Phi) is 4.04. The third kappa shape index (κ3) is 2.70. The molecule has 130 valence electrons. The standard InChI is InChI=1S/C17H26N6O/c1-20-6-8-22(9-7-20)17-14-10-23(13-4-3-5-13)15(24)11-21(2)16(14)18-12-19-17/h12-13H,3-11H2,1-2H3. The number of carbonyl (C=O) groups is 1. The van der Waals surface area contributed by atoms with Crippen molar-refractivity contribution in [3.8, 4) is 0 Å². The summed E-state index contributed by atoms with van der Waals surface area (Å²) in [5, 5.41) is 0. The van der Waals surface area contributed by atoms with Gasteiger partial charge >= 0.3 is 0 Å². The average Bonchev–Trinajstić information content (AvgIpc) is 2.64. The van der Waals surface area contributed by atoms with Gasteiger partial charge in [0.15, 0.2) is 0 Å². The molecule has 0 unspecified atom stereocenters. The molecule has 7 nitrogen and oxygen atoms in total. The van der Waals surface area contributed by atoms with Crippen LogP contribution in [0.3, 0.4) is 0 Å². The summed E-state index contributed by atoms with van der Waals surface area (Å²) in [5.41, 5.74) is 1.11. The number of nitrogens with zero attached hydrogens (tertiary/aromatic N) is 6. The van der Waals surface area contributed by atoms with Gasteiger partial charge < -0.3 is 19.6 Å². The Bertz CT molecular complexity index is 624. The molecule has 3 heterocycles. The lowest BCUT2D eigenvalue weighted by Crippen LogP contribution is -2.46. The molecule has 0 N–H and O–H groups in total. The first kappa shape index (κ1) is 15.6. The molecular formula is C17H26N6O. The molecular weight excluding hydrogens is 304 g/mol. The van der Waals surface area contributed by atoms with Crippen molar-refractivity contribution in [3.05, 3.63) is 11.9 Å². The van der Waals surface area contributed by atoms with E-state index in [2.05, 4.69) is 31.7 Å². The molecule has 0 aromatic carbocycles. The number of carbonyl (C=O) groups excluding carboxylic acids is 1. The maximum absolute atomic E-state index is 12.7. The molecule has 0 radical (unpaired) electrons. The van der Waals surface area contributed by atoms with Crippen molar-refractivity contribution in [3.63, 3.8) is 0 Å². The van der Waals surface area contributed by atoms with E-state index in [4.69, 9.17) is 0 Å². The number of aromatic nitrogens is 2. The Balaban J connectivity index is 1.68.